The highest BCUT2D eigenvalue weighted by Gasteiger charge is 2.37. The van der Waals surface area contributed by atoms with E-state index in [0.29, 0.717) is 28.9 Å². The van der Waals surface area contributed by atoms with Crippen molar-refractivity contribution in [1.29, 1.82) is 0 Å². The first-order chi connectivity index (χ1) is 20.9. The van der Waals surface area contributed by atoms with Crippen molar-refractivity contribution >= 4 is 34.8 Å². The van der Waals surface area contributed by atoms with E-state index in [-0.39, 0.29) is 46.8 Å². The molecule has 0 aliphatic carbocycles. The van der Waals surface area contributed by atoms with Gasteiger partial charge in [-0.05, 0) is 19.2 Å². The predicted octanol–water partition coefficient (Wildman–Crippen LogP) is 6.87. The number of carbonyl (C=O) groups is 1. The molecule has 0 unspecified atom stereocenters. The standard InChI is InChI=1S/C31H28Cl2F4N6O/c1-41-10-9-26-25(15-41)39-29(42(26)2)30(44)40-23-8-4-7-21(28(23)33)20-6-3-5-19(27(20)32)17-11-22(31(35,36)37)24(38-12-17)16-43-13-18(34)14-43/h3-8,11-12,18H,9-10,13-16H2,1-2H3,(H,40,44). The number of alkyl halides is 4. The number of likely N-dealkylation sites (tertiary alicyclic amines) is 1. The van der Waals surface area contributed by atoms with E-state index in [4.69, 9.17) is 23.2 Å². The molecule has 1 amide bonds. The Hall–Kier alpha value is -3.51. The maximum atomic E-state index is 14.0. The first kappa shape index (κ1) is 30.5. The van der Waals surface area contributed by atoms with Crippen LogP contribution in [0.4, 0.5) is 23.2 Å². The van der Waals surface area contributed by atoms with E-state index in [1.165, 1.54) is 6.20 Å². The monoisotopic (exact) mass is 646 g/mol. The fraction of sp³-hybridized carbons (Fsp3) is 0.323. The van der Waals surface area contributed by atoms with E-state index in [1.807, 2.05) is 14.1 Å². The average molecular weight is 648 g/mol. The molecule has 4 heterocycles. The third kappa shape index (κ3) is 5.81. The maximum Gasteiger partial charge on any atom is 0.418 e. The molecule has 6 rings (SSSR count). The second kappa shape index (κ2) is 11.8. The Morgan fingerprint density at radius 2 is 1.73 bits per heavy atom. The van der Waals surface area contributed by atoms with Gasteiger partial charge in [-0.2, -0.15) is 13.2 Å². The largest absolute Gasteiger partial charge is 0.418 e. The summed E-state index contributed by atoms with van der Waals surface area (Å²) in [5, 5.41) is 3.23. The smallest absolute Gasteiger partial charge is 0.327 e. The molecule has 2 aliphatic heterocycles. The molecule has 0 spiro atoms. The van der Waals surface area contributed by atoms with E-state index < -0.39 is 23.8 Å². The number of nitrogens with zero attached hydrogens (tertiary/aromatic N) is 5. The summed E-state index contributed by atoms with van der Waals surface area (Å²) in [6.07, 6.45) is -3.58. The summed E-state index contributed by atoms with van der Waals surface area (Å²) >= 11 is 13.6. The number of carbonyl (C=O) groups excluding carboxylic acids is 1. The van der Waals surface area contributed by atoms with Crippen molar-refractivity contribution in [2.45, 2.75) is 31.9 Å². The van der Waals surface area contributed by atoms with Gasteiger partial charge in [-0.25, -0.2) is 9.37 Å². The van der Waals surface area contributed by atoms with Crippen molar-refractivity contribution in [2.24, 2.45) is 7.05 Å². The summed E-state index contributed by atoms with van der Waals surface area (Å²) in [6.45, 7) is 1.59. The Kier molecular flexibility index (Phi) is 8.17. The van der Waals surface area contributed by atoms with Crippen molar-refractivity contribution in [2.75, 3.05) is 32.0 Å². The van der Waals surface area contributed by atoms with Crippen molar-refractivity contribution in [3.05, 3.63) is 87.2 Å². The molecule has 1 saturated heterocycles. The van der Waals surface area contributed by atoms with Crippen molar-refractivity contribution in [3.8, 4) is 22.3 Å². The van der Waals surface area contributed by atoms with E-state index >= 15 is 0 Å². The van der Waals surface area contributed by atoms with Gasteiger partial charge in [-0.3, -0.25) is 14.7 Å². The molecule has 230 valence electrons. The number of amides is 1. The second-order valence-electron chi connectivity index (χ2n) is 11.2. The fourth-order valence-corrected chi connectivity index (χ4v) is 6.31. The molecule has 1 fully saturated rings. The van der Waals surface area contributed by atoms with Crippen molar-refractivity contribution in [1.82, 2.24) is 24.3 Å². The zero-order valence-electron chi connectivity index (χ0n) is 23.9. The summed E-state index contributed by atoms with van der Waals surface area (Å²) in [4.78, 5) is 25.7. The van der Waals surface area contributed by atoms with Gasteiger partial charge in [-0.1, -0.05) is 53.5 Å². The van der Waals surface area contributed by atoms with Crippen LogP contribution in [0.15, 0.2) is 48.7 Å². The molecule has 13 heteroatoms. The Morgan fingerprint density at radius 1 is 1.05 bits per heavy atom. The van der Waals surface area contributed by atoms with Gasteiger partial charge < -0.3 is 14.8 Å². The number of halogens is 6. The Bertz CT molecular complexity index is 1750. The summed E-state index contributed by atoms with van der Waals surface area (Å²) in [7, 11) is 3.81. The van der Waals surface area contributed by atoms with Gasteiger partial charge in [-0.15, -0.1) is 0 Å². The van der Waals surface area contributed by atoms with E-state index in [0.717, 1.165) is 30.4 Å². The summed E-state index contributed by atoms with van der Waals surface area (Å²) in [6, 6.07) is 11.1. The molecule has 2 aromatic heterocycles. The highest BCUT2D eigenvalue weighted by Crippen LogP contribution is 2.43. The van der Waals surface area contributed by atoms with E-state index in [1.54, 1.807) is 45.9 Å². The summed E-state index contributed by atoms with van der Waals surface area (Å²) in [5.74, 6) is -0.156. The zero-order valence-corrected chi connectivity index (χ0v) is 25.4. The third-order valence-corrected chi connectivity index (χ3v) is 8.87. The highest BCUT2D eigenvalue weighted by atomic mass is 35.5. The van der Waals surface area contributed by atoms with Gasteiger partial charge in [0.25, 0.3) is 5.91 Å². The molecule has 0 radical (unpaired) electrons. The molecule has 0 bridgehead atoms. The SMILES string of the molecule is CN1CCc2c(nc(C(=O)Nc3cccc(-c4cccc(-c5cnc(CN6CC(F)C6)c(C(F)(F)F)c5)c4Cl)c3Cl)n2C)C1. The van der Waals surface area contributed by atoms with Crippen molar-refractivity contribution < 1.29 is 22.4 Å². The number of hydrogen-bond donors (Lipinski definition) is 1. The Balaban J connectivity index is 1.30. The minimum Gasteiger partial charge on any atom is -0.327 e. The number of nitrogens with one attached hydrogen (secondary N) is 1. The van der Waals surface area contributed by atoms with Crippen LogP contribution in [0.25, 0.3) is 22.3 Å². The minimum absolute atomic E-state index is 0.0796. The second-order valence-corrected chi connectivity index (χ2v) is 11.9. The quantitative estimate of drug-likeness (QED) is 0.232. The molecule has 7 nitrogen and oxygen atoms in total. The number of aromatic nitrogens is 3. The first-order valence-electron chi connectivity index (χ1n) is 14.0. The Labute approximate surface area is 261 Å². The van der Waals surface area contributed by atoms with E-state index in [2.05, 4.69) is 20.2 Å². The lowest BCUT2D eigenvalue weighted by molar-refractivity contribution is -0.138. The molecular weight excluding hydrogens is 619 g/mol. The Morgan fingerprint density at radius 3 is 2.43 bits per heavy atom. The molecule has 4 aromatic rings. The van der Waals surface area contributed by atoms with Gasteiger partial charge >= 0.3 is 6.18 Å². The van der Waals surface area contributed by atoms with Crippen LogP contribution in [0.2, 0.25) is 10.0 Å². The minimum atomic E-state index is -4.67. The lowest BCUT2D eigenvalue weighted by Gasteiger charge is -2.34. The van der Waals surface area contributed by atoms with Crippen LogP contribution >= 0.6 is 23.2 Å². The maximum absolute atomic E-state index is 14.0. The molecular formula is C31H28Cl2F4N6O. The van der Waals surface area contributed by atoms with Gasteiger partial charge in [0.15, 0.2) is 5.82 Å². The van der Waals surface area contributed by atoms with Gasteiger partial charge in [0, 0.05) is 80.3 Å². The fourth-order valence-electron chi connectivity index (χ4n) is 5.70. The number of anilines is 1. The van der Waals surface area contributed by atoms with Crippen LogP contribution < -0.4 is 5.32 Å². The van der Waals surface area contributed by atoms with E-state index in [9.17, 15) is 22.4 Å². The third-order valence-electron chi connectivity index (χ3n) is 8.06. The number of benzene rings is 2. The molecule has 2 aliphatic rings. The molecule has 1 N–H and O–H groups in total. The van der Waals surface area contributed by atoms with Crippen LogP contribution in [0, 0.1) is 0 Å². The van der Waals surface area contributed by atoms with Gasteiger partial charge in [0.05, 0.1) is 32.7 Å². The van der Waals surface area contributed by atoms with Gasteiger partial charge in [0.1, 0.15) is 6.17 Å². The molecule has 2 aromatic carbocycles. The topological polar surface area (TPSA) is 66.3 Å². The number of likely N-dealkylation sites (N-methyl/N-ethyl adjacent to an activating group) is 1. The van der Waals surface area contributed by atoms with Crippen LogP contribution in [0.3, 0.4) is 0 Å². The lowest BCUT2D eigenvalue weighted by Crippen LogP contribution is -2.47. The van der Waals surface area contributed by atoms with Crippen molar-refractivity contribution in [3.63, 3.8) is 0 Å². The van der Waals surface area contributed by atoms with Crippen LogP contribution in [0.1, 0.15) is 33.3 Å². The van der Waals surface area contributed by atoms with Gasteiger partial charge in [0.2, 0.25) is 0 Å². The predicted molar refractivity (Wildman–Crippen MR) is 162 cm³/mol. The molecule has 44 heavy (non-hydrogen) atoms. The molecule has 0 saturated carbocycles. The van der Waals surface area contributed by atoms with Crippen LogP contribution in [-0.4, -0.2) is 63.1 Å². The lowest BCUT2D eigenvalue weighted by atomic mass is 9.97. The number of hydrogen-bond acceptors (Lipinski definition) is 5. The highest BCUT2D eigenvalue weighted by molar-refractivity contribution is 6.39. The summed E-state index contributed by atoms with van der Waals surface area (Å²) < 4.78 is 57.2. The summed E-state index contributed by atoms with van der Waals surface area (Å²) in [5.41, 5.74) is 2.59. The number of fused-ring (bicyclic) bond motifs is 1. The number of pyridine rings is 1. The normalized spacial score (nSPS) is 16.1. The number of rotatable bonds is 6. The first-order valence-corrected chi connectivity index (χ1v) is 14.7. The zero-order chi connectivity index (χ0) is 31.3. The van der Waals surface area contributed by atoms with Crippen LogP contribution in [-0.2, 0) is 32.7 Å². The van der Waals surface area contributed by atoms with Crippen LogP contribution in [0.5, 0.6) is 0 Å². The average Bonchev–Trinajstić information content (AvgIpc) is 3.28. The number of imidazole rings is 1. The molecule has 0 atom stereocenters.